The van der Waals surface area contributed by atoms with Gasteiger partial charge in [-0.25, -0.2) is 0 Å². The van der Waals surface area contributed by atoms with Crippen LogP contribution in [0.1, 0.15) is 19.8 Å². The van der Waals surface area contributed by atoms with Crippen molar-refractivity contribution in [3.8, 4) is 6.07 Å². The van der Waals surface area contributed by atoms with Crippen LogP contribution in [0.15, 0.2) is 25.3 Å². The quantitative estimate of drug-likeness (QED) is 0.500. The fourth-order valence-electron chi connectivity index (χ4n) is 1.05. The molecule has 0 saturated carbocycles. The summed E-state index contributed by atoms with van der Waals surface area (Å²) in [5.74, 6) is -0.0995. The fraction of sp³-hybridized carbons (Fsp3) is 0.500. The molecule has 0 bridgehead atoms. The average molecular weight is 165 g/mol. The molecule has 0 aromatic carbocycles. The first-order chi connectivity index (χ1) is 5.58. The maximum Gasteiger partial charge on any atom is 0.151 e. The van der Waals surface area contributed by atoms with Crippen LogP contribution in [0.4, 0.5) is 0 Å². The molecule has 0 spiro atoms. The summed E-state index contributed by atoms with van der Waals surface area (Å²) in [5.41, 5.74) is -1.28. The molecule has 1 N–H and O–H groups in total. The van der Waals surface area contributed by atoms with Crippen molar-refractivity contribution >= 4 is 0 Å². The van der Waals surface area contributed by atoms with Gasteiger partial charge < -0.3 is 5.11 Å². The molecule has 0 aromatic rings. The third kappa shape index (κ3) is 2.89. The first-order valence-corrected chi connectivity index (χ1v) is 3.94. The number of allylic oxidation sites excluding steroid dienone is 2. The van der Waals surface area contributed by atoms with Crippen LogP contribution in [0.3, 0.4) is 0 Å². The minimum absolute atomic E-state index is 0.0995. The maximum atomic E-state index is 9.59. The SMILES string of the molecule is C=CCC(CC=C)[C@](C)(O)C#N. The molecule has 1 atom stereocenters. The third-order valence-electron chi connectivity index (χ3n) is 1.92. The van der Waals surface area contributed by atoms with Crippen LogP contribution < -0.4 is 0 Å². The number of hydrogen-bond donors (Lipinski definition) is 1. The Morgan fingerprint density at radius 1 is 1.50 bits per heavy atom. The van der Waals surface area contributed by atoms with Crippen molar-refractivity contribution in [3.05, 3.63) is 25.3 Å². The second-order valence-electron chi connectivity index (χ2n) is 3.01. The summed E-state index contributed by atoms with van der Waals surface area (Å²) in [5, 5.41) is 18.2. The minimum atomic E-state index is -1.28. The highest BCUT2D eigenvalue weighted by Crippen LogP contribution is 2.23. The Hall–Kier alpha value is -1.07. The lowest BCUT2D eigenvalue weighted by atomic mass is 9.85. The second-order valence-corrected chi connectivity index (χ2v) is 3.01. The normalized spacial score (nSPS) is 14.8. The third-order valence-corrected chi connectivity index (χ3v) is 1.92. The van der Waals surface area contributed by atoms with Crippen LogP contribution >= 0.6 is 0 Å². The zero-order valence-electron chi connectivity index (χ0n) is 7.45. The summed E-state index contributed by atoms with van der Waals surface area (Å²) in [6, 6.07) is 1.87. The van der Waals surface area contributed by atoms with Gasteiger partial charge in [0.25, 0.3) is 0 Å². The van der Waals surface area contributed by atoms with Crippen molar-refractivity contribution < 1.29 is 5.11 Å². The van der Waals surface area contributed by atoms with Gasteiger partial charge in [0.1, 0.15) is 0 Å². The molecule has 0 unspecified atom stereocenters. The molecule has 0 aliphatic rings. The Morgan fingerprint density at radius 3 is 2.17 bits per heavy atom. The van der Waals surface area contributed by atoms with Gasteiger partial charge in [0, 0.05) is 5.92 Å². The summed E-state index contributed by atoms with van der Waals surface area (Å²) >= 11 is 0. The second kappa shape index (κ2) is 4.74. The Labute approximate surface area is 73.8 Å². The van der Waals surface area contributed by atoms with Crippen molar-refractivity contribution in [2.24, 2.45) is 5.92 Å². The van der Waals surface area contributed by atoms with Crippen LogP contribution in [-0.2, 0) is 0 Å². The number of aliphatic hydroxyl groups is 1. The molecule has 0 aromatic heterocycles. The molecule has 0 saturated heterocycles. The zero-order valence-corrected chi connectivity index (χ0v) is 7.45. The van der Waals surface area contributed by atoms with E-state index in [9.17, 15) is 5.11 Å². The van der Waals surface area contributed by atoms with Crippen LogP contribution in [0, 0.1) is 17.2 Å². The van der Waals surface area contributed by atoms with E-state index in [1.807, 2.05) is 6.07 Å². The van der Waals surface area contributed by atoms with E-state index in [1.54, 1.807) is 12.2 Å². The van der Waals surface area contributed by atoms with E-state index in [0.29, 0.717) is 12.8 Å². The average Bonchev–Trinajstić information content (AvgIpc) is 2.04. The summed E-state index contributed by atoms with van der Waals surface area (Å²) in [4.78, 5) is 0. The number of rotatable bonds is 5. The van der Waals surface area contributed by atoms with E-state index >= 15 is 0 Å². The molecular formula is C10H15NO. The van der Waals surface area contributed by atoms with Crippen LogP contribution in [0.5, 0.6) is 0 Å². The molecule has 0 amide bonds. The summed E-state index contributed by atoms with van der Waals surface area (Å²) < 4.78 is 0. The smallest absolute Gasteiger partial charge is 0.151 e. The lowest BCUT2D eigenvalue weighted by Crippen LogP contribution is -2.32. The largest absolute Gasteiger partial charge is 0.375 e. The predicted octanol–water partition coefficient (Wildman–Crippen LogP) is 2.03. The molecule has 0 aliphatic carbocycles. The Kier molecular flexibility index (Phi) is 4.31. The van der Waals surface area contributed by atoms with Gasteiger partial charge in [-0.05, 0) is 19.8 Å². The van der Waals surface area contributed by atoms with Crippen molar-refractivity contribution in [1.29, 1.82) is 5.26 Å². The van der Waals surface area contributed by atoms with Gasteiger partial charge in [-0.1, -0.05) is 12.2 Å². The van der Waals surface area contributed by atoms with Crippen LogP contribution in [0.2, 0.25) is 0 Å². The van der Waals surface area contributed by atoms with Gasteiger partial charge in [0.15, 0.2) is 5.60 Å². The monoisotopic (exact) mass is 165 g/mol. The van der Waals surface area contributed by atoms with E-state index in [-0.39, 0.29) is 5.92 Å². The van der Waals surface area contributed by atoms with E-state index < -0.39 is 5.60 Å². The molecule has 0 radical (unpaired) electrons. The Morgan fingerprint density at radius 2 is 1.92 bits per heavy atom. The molecule has 2 nitrogen and oxygen atoms in total. The van der Waals surface area contributed by atoms with Gasteiger partial charge in [0.2, 0.25) is 0 Å². The molecule has 0 fully saturated rings. The van der Waals surface area contributed by atoms with Gasteiger partial charge in [0.05, 0.1) is 6.07 Å². The van der Waals surface area contributed by atoms with E-state index in [4.69, 9.17) is 5.26 Å². The highest BCUT2D eigenvalue weighted by Gasteiger charge is 2.29. The van der Waals surface area contributed by atoms with E-state index in [1.165, 1.54) is 6.92 Å². The molecular weight excluding hydrogens is 150 g/mol. The lowest BCUT2D eigenvalue weighted by Gasteiger charge is -2.24. The van der Waals surface area contributed by atoms with Crippen molar-refractivity contribution in [1.82, 2.24) is 0 Å². The van der Waals surface area contributed by atoms with Gasteiger partial charge in [-0.3, -0.25) is 0 Å². The molecule has 0 heterocycles. The molecule has 66 valence electrons. The number of hydrogen-bond acceptors (Lipinski definition) is 2. The number of nitriles is 1. The lowest BCUT2D eigenvalue weighted by molar-refractivity contribution is 0.0561. The van der Waals surface area contributed by atoms with Gasteiger partial charge >= 0.3 is 0 Å². The van der Waals surface area contributed by atoms with Crippen LogP contribution in [-0.4, -0.2) is 10.7 Å². The zero-order chi connectivity index (χ0) is 9.61. The van der Waals surface area contributed by atoms with Gasteiger partial charge in [-0.2, -0.15) is 5.26 Å². The van der Waals surface area contributed by atoms with Crippen molar-refractivity contribution in [3.63, 3.8) is 0 Å². The first kappa shape index (κ1) is 10.9. The predicted molar refractivity (Wildman–Crippen MR) is 49.4 cm³/mol. The maximum absolute atomic E-state index is 9.59. The summed E-state index contributed by atoms with van der Waals surface area (Å²) in [6.45, 7) is 8.67. The highest BCUT2D eigenvalue weighted by atomic mass is 16.3. The van der Waals surface area contributed by atoms with Crippen molar-refractivity contribution in [2.75, 3.05) is 0 Å². The molecule has 12 heavy (non-hydrogen) atoms. The summed E-state index contributed by atoms with van der Waals surface area (Å²) in [7, 11) is 0. The molecule has 0 aliphatic heterocycles. The standard InChI is InChI=1S/C10H15NO/c1-4-6-9(7-5-2)10(3,12)8-11/h4-5,9,12H,1-2,6-7H2,3H3/t10-/m1/s1. The van der Waals surface area contributed by atoms with Crippen LogP contribution in [0.25, 0.3) is 0 Å². The van der Waals surface area contributed by atoms with Gasteiger partial charge in [-0.15, -0.1) is 13.2 Å². The van der Waals surface area contributed by atoms with Crippen molar-refractivity contribution in [2.45, 2.75) is 25.4 Å². The molecule has 0 rings (SSSR count). The number of nitrogens with zero attached hydrogens (tertiary/aromatic N) is 1. The van der Waals surface area contributed by atoms with E-state index in [2.05, 4.69) is 13.2 Å². The minimum Gasteiger partial charge on any atom is -0.375 e. The Balaban J connectivity index is 4.38. The fourth-order valence-corrected chi connectivity index (χ4v) is 1.05. The summed E-state index contributed by atoms with van der Waals surface area (Å²) in [6.07, 6.45) is 4.68. The topological polar surface area (TPSA) is 44.0 Å². The van der Waals surface area contributed by atoms with E-state index in [0.717, 1.165) is 0 Å². The molecule has 2 heteroatoms. The highest BCUT2D eigenvalue weighted by molar-refractivity contribution is 5.04. The Bertz CT molecular complexity index is 190. The first-order valence-electron chi connectivity index (χ1n) is 3.94.